The highest BCUT2D eigenvalue weighted by Crippen LogP contribution is 2.33. The topological polar surface area (TPSA) is 16.4 Å². The van der Waals surface area contributed by atoms with Crippen molar-refractivity contribution in [3.05, 3.63) is 47.7 Å². The second-order valence-electron chi connectivity index (χ2n) is 6.35. The van der Waals surface area contributed by atoms with Gasteiger partial charge < -0.3 is 9.32 Å². The fourth-order valence-corrected chi connectivity index (χ4v) is 3.80. The van der Waals surface area contributed by atoms with Crippen LogP contribution in [0.3, 0.4) is 0 Å². The van der Waals surface area contributed by atoms with Crippen LogP contribution in [0.15, 0.2) is 41.0 Å². The third-order valence-corrected chi connectivity index (χ3v) is 4.78. The molecule has 2 aromatic rings. The maximum atomic E-state index is 5.66. The van der Waals surface area contributed by atoms with Crippen molar-refractivity contribution in [3.8, 4) is 11.3 Å². The van der Waals surface area contributed by atoms with Gasteiger partial charge in [-0.25, -0.2) is 0 Å². The number of aryl methyl sites for hydroxylation is 1. The summed E-state index contributed by atoms with van der Waals surface area (Å²) in [5.41, 5.74) is 4.31. The van der Waals surface area contributed by atoms with E-state index in [0.29, 0.717) is 6.04 Å². The highest BCUT2D eigenvalue weighted by molar-refractivity contribution is 5.64. The molecule has 1 heterocycles. The van der Waals surface area contributed by atoms with Crippen molar-refractivity contribution < 1.29 is 4.42 Å². The highest BCUT2D eigenvalue weighted by Gasteiger charge is 2.25. The van der Waals surface area contributed by atoms with E-state index >= 15 is 0 Å². The largest absolute Gasteiger partial charge is 0.464 e. The number of hydrogen-bond acceptors (Lipinski definition) is 2. The van der Waals surface area contributed by atoms with E-state index in [1.165, 1.54) is 55.5 Å². The third-order valence-electron chi connectivity index (χ3n) is 4.78. The van der Waals surface area contributed by atoms with E-state index in [9.17, 15) is 0 Å². The van der Waals surface area contributed by atoms with Crippen LogP contribution in [0.4, 0.5) is 0 Å². The van der Waals surface area contributed by atoms with Gasteiger partial charge in [-0.3, -0.25) is 0 Å². The molecule has 1 aliphatic carbocycles. The minimum atomic E-state index is 0.684. The summed E-state index contributed by atoms with van der Waals surface area (Å²) < 4.78 is 5.66. The molecule has 118 valence electrons. The van der Waals surface area contributed by atoms with Crippen LogP contribution in [0.25, 0.3) is 11.3 Å². The lowest BCUT2D eigenvalue weighted by atomic mass is 9.84. The lowest BCUT2D eigenvalue weighted by molar-refractivity contribution is 0.180. The van der Waals surface area contributed by atoms with Gasteiger partial charge in [0.2, 0.25) is 0 Å². The van der Waals surface area contributed by atoms with Gasteiger partial charge in [0.25, 0.3) is 0 Å². The van der Waals surface area contributed by atoms with Crippen LogP contribution in [0.2, 0.25) is 0 Å². The molecule has 3 rings (SSSR count). The highest BCUT2D eigenvalue weighted by atomic mass is 16.3. The number of benzene rings is 1. The normalized spacial score (nSPS) is 17.7. The van der Waals surface area contributed by atoms with Crippen molar-refractivity contribution in [1.29, 1.82) is 0 Å². The van der Waals surface area contributed by atoms with Crippen molar-refractivity contribution in [2.45, 2.75) is 52.0 Å². The van der Waals surface area contributed by atoms with Gasteiger partial charge in [0, 0.05) is 11.6 Å². The maximum absolute atomic E-state index is 5.66. The first kappa shape index (κ1) is 15.4. The van der Waals surface area contributed by atoms with Crippen molar-refractivity contribution in [3.63, 3.8) is 0 Å². The summed E-state index contributed by atoms with van der Waals surface area (Å²) in [7, 11) is 0. The molecule has 1 aromatic carbocycles. The Morgan fingerprint density at radius 1 is 1.09 bits per heavy atom. The average Bonchev–Trinajstić information content (AvgIpc) is 3.08. The Morgan fingerprint density at radius 2 is 1.91 bits per heavy atom. The lowest BCUT2D eigenvalue weighted by Crippen LogP contribution is -2.40. The molecule has 0 spiro atoms. The number of furan rings is 1. The van der Waals surface area contributed by atoms with E-state index in [-0.39, 0.29) is 0 Å². The predicted molar refractivity (Wildman–Crippen MR) is 92.1 cm³/mol. The average molecular weight is 297 g/mol. The maximum Gasteiger partial charge on any atom is 0.134 e. The van der Waals surface area contributed by atoms with Crippen molar-refractivity contribution >= 4 is 0 Å². The van der Waals surface area contributed by atoms with Crippen LogP contribution < -0.4 is 0 Å². The SMILES string of the molecule is CCCN(CCC)[C@H]1CCc2cccc(-c3ccco3)c2C1. The minimum absolute atomic E-state index is 0.684. The molecule has 0 radical (unpaired) electrons. The summed E-state index contributed by atoms with van der Waals surface area (Å²) in [6.45, 7) is 7.01. The van der Waals surface area contributed by atoms with Crippen molar-refractivity contribution in [2.24, 2.45) is 0 Å². The van der Waals surface area contributed by atoms with Gasteiger partial charge >= 0.3 is 0 Å². The third kappa shape index (κ3) is 3.12. The van der Waals surface area contributed by atoms with Crippen molar-refractivity contribution in [2.75, 3.05) is 13.1 Å². The van der Waals surface area contributed by atoms with Crippen LogP contribution >= 0.6 is 0 Å². The van der Waals surface area contributed by atoms with E-state index in [1.807, 2.05) is 6.07 Å². The first-order valence-corrected chi connectivity index (χ1v) is 8.72. The Bertz CT molecular complexity index is 582. The first-order chi connectivity index (χ1) is 10.8. The fraction of sp³-hybridized carbons (Fsp3) is 0.500. The monoisotopic (exact) mass is 297 g/mol. The number of nitrogens with zero attached hydrogens (tertiary/aromatic N) is 1. The van der Waals surface area contributed by atoms with Crippen LogP contribution in [-0.2, 0) is 12.8 Å². The number of hydrogen-bond donors (Lipinski definition) is 0. The molecule has 2 nitrogen and oxygen atoms in total. The van der Waals surface area contributed by atoms with E-state index in [0.717, 1.165) is 12.2 Å². The Labute approximate surface area is 134 Å². The molecule has 1 aromatic heterocycles. The van der Waals surface area contributed by atoms with Gasteiger partial charge in [-0.05, 0) is 68.5 Å². The molecule has 0 saturated heterocycles. The zero-order valence-electron chi connectivity index (χ0n) is 13.8. The Hall–Kier alpha value is -1.54. The van der Waals surface area contributed by atoms with Crippen LogP contribution in [0.1, 0.15) is 44.2 Å². The lowest BCUT2D eigenvalue weighted by Gasteiger charge is -2.35. The summed E-state index contributed by atoms with van der Waals surface area (Å²) in [4.78, 5) is 2.70. The summed E-state index contributed by atoms with van der Waals surface area (Å²) >= 11 is 0. The molecule has 2 heteroatoms. The predicted octanol–water partition coefficient (Wildman–Crippen LogP) is 4.93. The molecule has 0 amide bonds. The van der Waals surface area contributed by atoms with Gasteiger partial charge in [0.1, 0.15) is 5.76 Å². The second-order valence-corrected chi connectivity index (χ2v) is 6.35. The Balaban J connectivity index is 1.88. The zero-order chi connectivity index (χ0) is 15.4. The standard InChI is InChI=1S/C20H27NO/c1-3-12-21(13-4-2)17-11-10-16-7-5-8-18(19(16)15-17)20-9-6-14-22-20/h5-9,14,17H,3-4,10-13,15H2,1-2H3/t17-/m0/s1. The van der Waals surface area contributed by atoms with E-state index < -0.39 is 0 Å². The molecule has 0 saturated carbocycles. The summed E-state index contributed by atoms with van der Waals surface area (Å²) in [6.07, 6.45) is 7.89. The molecular formula is C20H27NO. The first-order valence-electron chi connectivity index (χ1n) is 8.72. The molecule has 0 unspecified atom stereocenters. The minimum Gasteiger partial charge on any atom is -0.464 e. The van der Waals surface area contributed by atoms with E-state index in [2.05, 4.69) is 43.0 Å². The molecular weight excluding hydrogens is 270 g/mol. The van der Waals surface area contributed by atoms with Crippen LogP contribution in [0, 0.1) is 0 Å². The Morgan fingerprint density at radius 3 is 2.59 bits per heavy atom. The second kappa shape index (κ2) is 7.15. The number of fused-ring (bicyclic) bond motifs is 1. The Kier molecular flexibility index (Phi) is 4.99. The number of rotatable bonds is 6. The molecule has 0 bridgehead atoms. The molecule has 0 aliphatic heterocycles. The molecule has 1 atom stereocenters. The molecule has 0 N–H and O–H groups in total. The van der Waals surface area contributed by atoms with Gasteiger partial charge in [0.15, 0.2) is 0 Å². The van der Waals surface area contributed by atoms with Gasteiger partial charge in [-0.2, -0.15) is 0 Å². The van der Waals surface area contributed by atoms with Crippen LogP contribution in [-0.4, -0.2) is 24.0 Å². The molecule has 22 heavy (non-hydrogen) atoms. The smallest absolute Gasteiger partial charge is 0.134 e. The molecule has 1 aliphatic rings. The van der Waals surface area contributed by atoms with E-state index in [4.69, 9.17) is 4.42 Å². The van der Waals surface area contributed by atoms with Gasteiger partial charge in [-0.1, -0.05) is 32.0 Å². The van der Waals surface area contributed by atoms with Gasteiger partial charge in [-0.15, -0.1) is 0 Å². The van der Waals surface area contributed by atoms with Crippen molar-refractivity contribution in [1.82, 2.24) is 4.90 Å². The zero-order valence-corrected chi connectivity index (χ0v) is 13.8. The van der Waals surface area contributed by atoms with Crippen LogP contribution in [0.5, 0.6) is 0 Å². The molecule has 0 fully saturated rings. The quantitative estimate of drug-likeness (QED) is 0.752. The summed E-state index contributed by atoms with van der Waals surface area (Å²) in [5, 5.41) is 0. The fourth-order valence-electron chi connectivity index (χ4n) is 3.80. The van der Waals surface area contributed by atoms with Gasteiger partial charge in [0.05, 0.1) is 6.26 Å². The van der Waals surface area contributed by atoms with E-state index in [1.54, 1.807) is 6.26 Å². The summed E-state index contributed by atoms with van der Waals surface area (Å²) in [5.74, 6) is 1.01. The summed E-state index contributed by atoms with van der Waals surface area (Å²) in [6, 6.07) is 11.4.